The van der Waals surface area contributed by atoms with Gasteiger partial charge >= 0.3 is 0 Å². The summed E-state index contributed by atoms with van der Waals surface area (Å²) in [6, 6.07) is 5.88. The van der Waals surface area contributed by atoms with Gasteiger partial charge in [0.05, 0.1) is 5.03 Å². The van der Waals surface area contributed by atoms with Crippen LogP contribution in [0.25, 0.3) is 0 Å². The number of hydrogen-bond donors (Lipinski definition) is 0. The average Bonchev–Trinajstić information content (AvgIpc) is 1.88. The first-order valence-electron chi connectivity index (χ1n) is 3.06. The normalized spacial score (nSPS) is 8.45. The Kier molecular flexibility index (Phi) is 5.50. The topological polar surface area (TPSA) is 3.88 Å². The molecule has 0 spiro atoms. The summed E-state index contributed by atoms with van der Waals surface area (Å²) in [6.07, 6.45) is 3.90. The SMILES string of the molecule is C=C(Cl)C[n+]1ccccc1.[I-]. The maximum Gasteiger partial charge on any atom is 0.183 e. The number of aromatic nitrogens is 1. The highest BCUT2D eigenvalue weighted by Gasteiger charge is 1.96. The maximum absolute atomic E-state index is 5.60. The summed E-state index contributed by atoms with van der Waals surface area (Å²) in [6.45, 7) is 4.28. The van der Waals surface area contributed by atoms with Crippen molar-refractivity contribution in [2.24, 2.45) is 0 Å². The molecule has 1 heterocycles. The smallest absolute Gasteiger partial charge is 0.183 e. The molecular weight excluding hydrogens is 272 g/mol. The molecule has 0 aliphatic heterocycles. The number of hydrogen-bond acceptors (Lipinski definition) is 0. The van der Waals surface area contributed by atoms with Crippen LogP contribution in [0, 0.1) is 0 Å². The van der Waals surface area contributed by atoms with Gasteiger partial charge in [-0.25, -0.2) is 0 Å². The first-order valence-corrected chi connectivity index (χ1v) is 3.44. The average molecular weight is 282 g/mol. The summed E-state index contributed by atoms with van der Waals surface area (Å²) >= 11 is 5.60. The molecule has 0 amide bonds. The molecule has 1 aromatic rings. The minimum atomic E-state index is 0. The van der Waals surface area contributed by atoms with Crippen molar-refractivity contribution in [3.63, 3.8) is 0 Å². The summed E-state index contributed by atoms with van der Waals surface area (Å²) in [5.74, 6) is 0. The maximum atomic E-state index is 5.60. The van der Waals surface area contributed by atoms with Crippen LogP contribution >= 0.6 is 11.6 Å². The predicted octanol–water partition coefficient (Wildman–Crippen LogP) is -1.27. The third-order valence-corrected chi connectivity index (χ3v) is 1.25. The molecule has 0 aliphatic rings. The van der Waals surface area contributed by atoms with Gasteiger partial charge in [-0.2, -0.15) is 4.57 Å². The van der Waals surface area contributed by atoms with Crippen LogP contribution in [-0.4, -0.2) is 0 Å². The minimum absolute atomic E-state index is 0. The second-order valence-corrected chi connectivity index (χ2v) is 2.60. The zero-order valence-electron chi connectivity index (χ0n) is 6.00. The fraction of sp³-hybridized carbons (Fsp3) is 0.125. The van der Waals surface area contributed by atoms with Gasteiger partial charge in [0.15, 0.2) is 18.9 Å². The van der Waals surface area contributed by atoms with Crippen LogP contribution in [0.15, 0.2) is 42.2 Å². The first kappa shape index (κ1) is 10.9. The van der Waals surface area contributed by atoms with E-state index in [2.05, 4.69) is 6.58 Å². The van der Waals surface area contributed by atoms with Gasteiger partial charge in [0.25, 0.3) is 0 Å². The van der Waals surface area contributed by atoms with Gasteiger partial charge in [-0.3, -0.25) is 0 Å². The van der Waals surface area contributed by atoms with E-state index >= 15 is 0 Å². The summed E-state index contributed by atoms with van der Waals surface area (Å²) in [5, 5.41) is 0.649. The standard InChI is InChI=1S/C8H9ClN.HI/c1-8(9)7-10-5-3-2-4-6-10;/h2-6H,1,7H2;1H/q+1;/p-1. The molecule has 3 heteroatoms. The summed E-state index contributed by atoms with van der Waals surface area (Å²) in [7, 11) is 0. The van der Waals surface area contributed by atoms with Crippen molar-refractivity contribution in [2.75, 3.05) is 0 Å². The van der Waals surface area contributed by atoms with Crippen molar-refractivity contribution in [3.8, 4) is 0 Å². The Bertz CT molecular complexity index is 223. The van der Waals surface area contributed by atoms with Crippen LogP contribution in [0.5, 0.6) is 0 Å². The monoisotopic (exact) mass is 281 g/mol. The lowest BCUT2D eigenvalue weighted by Crippen LogP contribution is -3.00. The lowest BCUT2D eigenvalue weighted by molar-refractivity contribution is -0.687. The Morgan fingerprint density at radius 2 is 1.82 bits per heavy atom. The van der Waals surface area contributed by atoms with Gasteiger partial charge in [0, 0.05) is 12.1 Å². The summed E-state index contributed by atoms with van der Waals surface area (Å²) in [4.78, 5) is 0. The van der Waals surface area contributed by atoms with E-state index in [1.807, 2.05) is 35.2 Å². The van der Waals surface area contributed by atoms with E-state index in [9.17, 15) is 0 Å². The molecule has 0 saturated carbocycles. The predicted molar refractivity (Wildman–Crippen MR) is 41.6 cm³/mol. The Morgan fingerprint density at radius 1 is 1.27 bits per heavy atom. The Labute approximate surface area is 88.7 Å². The van der Waals surface area contributed by atoms with E-state index < -0.39 is 0 Å². The number of pyridine rings is 1. The fourth-order valence-electron chi connectivity index (χ4n) is 0.738. The van der Waals surface area contributed by atoms with Gasteiger partial charge in [-0.05, 0) is 0 Å². The van der Waals surface area contributed by atoms with Crippen molar-refractivity contribution in [1.29, 1.82) is 0 Å². The third kappa shape index (κ3) is 4.37. The molecule has 11 heavy (non-hydrogen) atoms. The molecule has 1 nitrogen and oxygen atoms in total. The van der Waals surface area contributed by atoms with Gasteiger partial charge < -0.3 is 24.0 Å². The van der Waals surface area contributed by atoms with Crippen LogP contribution in [0.3, 0.4) is 0 Å². The van der Waals surface area contributed by atoms with E-state index in [0.717, 1.165) is 0 Å². The number of halogens is 2. The Balaban J connectivity index is 0.000001000. The van der Waals surface area contributed by atoms with E-state index in [1.54, 1.807) is 0 Å². The second-order valence-electron chi connectivity index (χ2n) is 2.07. The molecule has 0 fully saturated rings. The summed E-state index contributed by atoms with van der Waals surface area (Å²) in [5.41, 5.74) is 0. The van der Waals surface area contributed by atoms with Crippen molar-refractivity contribution >= 4 is 11.6 Å². The molecule has 0 aromatic carbocycles. The number of nitrogens with zero attached hydrogens (tertiary/aromatic N) is 1. The van der Waals surface area contributed by atoms with Gasteiger partial charge in [-0.15, -0.1) is 0 Å². The quantitative estimate of drug-likeness (QED) is 0.470. The molecule has 1 rings (SSSR count). The van der Waals surface area contributed by atoms with Crippen LogP contribution in [0.2, 0.25) is 0 Å². The molecule has 60 valence electrons. The molecule has 0 bridgehead atoms. The highest BCUT2D eigenvalue weighted by atomic mass is 127. The van der Waals surface area contributed by atoms with Gasteiger partial charge in [0.2, 0.25) is 0 Å². The first-order chi connectivity index (χ1) is 4.79. The summed E-state index contributed by atoms with van der Waals surface area (Å²) < 4.78 is 1.97. The van der Waals surface area contributed by atoms with Gasteiger partial charge in [-0.1, -0.05) is 24.2 Å². The minimum Gasteiger partial charge on any atom is -1.00 e. The highest BCUT2D eigenvalue weighted by Crippen LogP contribution is 1.94. The van der Waals surface area contributed by atoms with Gasteiger partial charge in [0.1, 0.15) is 0 Å². The van der Waals surface area contributed by atoms with Crippen molar-refractivity contribution in [1.82, 2.24) is 0 Å². The third-order valence-electron chi connectivity index (χ3n) is 1.13. The molecule has 0 saturated heterocycles. The molecule has 0 unspecified atom stereocenters. The van der Waals surface area contributed by atoms with Crippen molar-refractivity contribution in [2.45, 2.75) is 6.54 Å². The fourth-order valence-corrected chi connectivity index (χ4v) is 0.876. The van der Waals surface area contributed by atoms with Crippen LogP contribution in [-0.2, 0) is 6.54 Å². The molecule has 0 aliphatic carbocycles. The molecule has 0 radical (unpaired) electrons. The van der Waals surface area contributed by atoms with E-state index in [0.29, 0.717) is 11.6 Å². The zero-order chi connectivity index (χ0) is 7.40. The van der Waals surface area contributed by atoms with Crippen LogP contribution in [0.4, 0.5) is 0 Å². The Hall–Kier alpha value is -0.0900. The van der Waals surface area contributed by atoms with Crippen LogP contribution in [0.1, 0.15) is 0 Å². The van der Waals surface area contributed by atoms with Crippen molar-refractivity contribution < 1.29 is 28.5 Å². The zero-order valence-corrected chi connectivity index (χ0v) is 8.92. The highest BCUT2D eigenvalue weighted by molar-refractivity contribution is 6.29. The largest absolute Gasteiger partial charge is 1.00 e. The number of allylic oxidation sites excluding steroid dienone is 1. The van der Waals surface area contributed by atoms with E-state index in [4.69, 9.17) is 11.6 Å². The van der Waals surface area contributed by atoms with E-state index in [-0.39, 0.29) is 24.0 Å². The number of rotatable bonds is 2. The van der Waals surface area contributed by atoms with Crippen molar-refractivity contribution in [3.05, 3.63) is 42.2 Å². The van der Waals surface area contributed by atoms with E-state index in [1.165, 1.54) is 0 Å². The molecule has 0 atom stereocenters. The Morgan fingerprint density at radius 3 is 2.27 bits per heavy atom. The lowest BCUT2D eigenvalue weighted by atomic mass is 10.5. The second kappa shape index (κ2) is 5.55. The lowest BCUT2D eigenvalue weighted by Gasteiger charge is -1.90. The molecule has 1 aromatic heterocycles. The molecular formula is C8H9ClIN. The molecule has 0 N–H and O–H groups in total. The van der Waals surface area contributed by atoms with Crippen LogP contribution < -0.4 is 28.5 Å².